The van der Waals surface area contributed by atoms with E-state index in [1.165, 1.54) is 17.4 Å². The maximum atomic E-state index is 12.8. The van der Waals surface area contributed by atoms with Crippen LogP contribution in [0, 0.1) is 6.92 Å². The van der Waals surface area contributed by atoms with Gasteiger partial charge in [-0.3, -0.25) is 5.10 Å². The molecule has 0 amide bonds. The number of H-pyrrole nitrogens is 1. The number of rotatable bonds is 6. The summed E-state index contributed by atoms with van der Waals surface area (Å²) in [7, 11) is -2.23. The van der Waals surface area contributed by atoms with Gasteiger partial charge in [-0.1, -0.05) is 11.6 Å². The highest BCUT2D eigenvalue weighted by atomic mass is 35.5. The maximum absolute atomic E-state index is 12.8. The minimum atomic E-state index is -3.73. The first kappa shape index (κ1) is 16.8. The number of hydrogen-bond donors (Lipinski definition) is 1. The smallest absolute Gasteiger partial charge is 0.246 e. The Bertz CT molecular complexity index is 745. The quantitative estimate of drug-likeness (QED) is 0.874. The van der Waals surface area contributed by atoms with Gasteiger partial charge < -0.3 is 4.74 Å². The summed E-state index contributed by atoms with van der Waals surface area (Å²) < 4.78 is 32.2. The minimum absolute atomic E-state index is 0.0620. The van der Waals surface area contributed by atoms with Crippen LogP contribution in [0.3, 0.4) is 0 Å². The first-order chi connectivity index (χ1) is 10.4. The average molecular weight is 344 g/mol. The van der Waals surface area contributed by atoms with Crippen LogP contribution in [0.1, 0.15) is 18.2 Å². The van der Waals surface area contributed by atoms with Crippen molar-refractivity contribution in [3.63, 3.8) is 0 Å². The molecule has 0 unspecified atom stereocenters. The number of hydrogen-bond acceptors (Lipinski definition) is 4. The SMILES string of the molecule is CCOc1cc(C)c(Cl)cc1S(=O)(=O)N(C)Cc1ccn[nH]1. The van der Waals surface area contributed by atoms with Crippen LogP contribution in [-0.2, 0) is 16.6 Å². The number of sulfonamides is 1. The highest BCUT2D eigenvalue weighted by Gasteiger charge is 2.26. The Morgan fingerprint density at radius 3 is 2.73 bits per heavy atom. The number of aromatic amines is 1. The number of halogens is 1. The Labute approximate surface area is 135 Å². The maximum Gasteiger partial charge on any atom is 0.246 e. The Morgan fingerprint density at radius 2 is 2.14 bits per heavy atom. The molecule has 1 aromatic carbocycles. The van der Waals surface area contributed by atoms with E-state index in [4.69, 9.17) is 16.3 Å². The first-order valence-electron chi connectivity index (χ1n) is 6.73. The molecule has 22 heavy (non-hydrogen) atoms. The summed E-state index contributed by atoms with van der Waals surface area (Å²) in [6.45, 7) is 4.15. The van der Waals surface area contributed by atoms with E-state index in [0.29, 0.717) is 23.1 Å². The third-order valence-electron chi connectivity index (χ3n) is 3.16. The molecule has 0 atom stereocenters. The molecular formula is C14H18ClN3O3S. The van der Waals surface area contributed by atoms with Crippen LogP contribution in [0.4, 0.5) is 0 Å². The predicted octanol–water partition coefficient (Wildman–Crippen LogP) is 2.59. The predicted molar refractivity (Wildman–Crippen MR) is 84.6 cm³/mol. The molecule has 0 aliphatic heterocycles. The van der Waals surface area contributed by atoms with E-state index in [1.807, 2.05) is 0 Å². The molecule has 0 aliphatic carbocycles. The van der Waals surface area contributed by atoms with E-state index in [0.717, 1.165) is 5.56 Å². The molecular weight excluding hydrogens is 326 g/mol. The van der Waals surface area contributed by atoms with Crippen LogP contribution in [0.5, 0.6) is 5.75 Å². The largest absolute Gasteiger partial charge is 0.492 e. The van der Waals surface area contributed by atoms with Crippen molar-refractivity contribution in [2.75, 3.05) is 13.7 Å². The zero-order valence-corrected chi connectivity index (χ0v) is 14.2. The summed E-state index contributed by atoms with van der Waals surface area (Å²) in [4.78, 5) is 0.0620. The Kier molecular flexibility index (Phi) is 5.10. The lowest BCUT2D eigenvalue weighted by Gasteiger charge is -2.19. The van der Waals surface area contributed by atoms with Crippen molar-refractivity contribution in [1.82, 2.24) is 14.5 Å². The number of nitrogens with one attached hydrogen (secondary N) is 1. The van der Waals surface area contributed by atoms with E-state index in [2.05, 4.69) is 10.2 Å². The molecule has 0 radical (unpaired) electrons. The van der Waals surface area contributed by atoms with Crippen LogP contribution in [0.25, 0.3) is 0 Å². The van der Waals surface area contributed by atoms with Gasteiger partial charge in [-0.15, -0.1) is 0 Å². The lowest BCUT2D eigenvalue weighted by atomic mass is 10.2. The average Bonchev–Trinajstić information content (AvgIpc) is 2.95. The van der Waals surface area contributed by atoms with E-state index in [9.17, 15) is 8.42 Å². The molecule has 0 saturated heterocycles. The Balaban J connectivity index is 2.41. The van der Waals surface area contributed by atoms with Crippen LogP contribution in [0.2, 0.25) is 5.02 Å². The number of benzene rings is 1. The third kappa shape index (κ3) is 3.43. The summed E-state index contributed by atoms with van der Waals surface area (Å²) in [6, 6.07) is 4.79. The van der Waals surface area contributed by atoms with E-state index in [1.54, 1.807) is 32.2 Å². The second-order valence-electron chi connectivity index (χ2n) is 4.82. The van der Waals surface area contributed by atoms with Gasteiger partial charge in [0.2, 0.25) is 10.0 Å². The summed E-state index contributed by atoms with van der Waals surface area (Å²) in [5.41, 5.74) is 1.46. The van der Waals surface area contributed by atoms with Crippen molar-refractivity contribution in [3.8, 4) is 5.75 Å². The second kappa shape index (κ2) is 6.68. The van der Waals surface area contributed by atoms with Gasteiger partial charge in [-0.05, 0) is 37.6 Å². The zero-order valence-electron chi connectivity index (χ0n) is 12.6. The molecule has 120 valence electrons. The summed E-state index contributed by atoms with van der Waals surface area (Å²) in [6.07, 6.45) is 1.57. The van der Waals surface area contributed by atoms with Gasteiger partial charge >= 0.3 is 0 Å². The van der Waals surface area contributed by atoms with Crippen LogP contribution in [0.15, 0.2) is 29.3 Å². The topological polar surface area (TPSA) is 75.3 Å². The summed E-state index contributed by atoms with van der Waals surface area (Å²) in [5.74, 6) is 0.306. The van der Waals surface area contributed by atoms with Crippen molar-refractivity contribution in [2.24, 2.45) is 0 Å². The fraction of sp³-hybridized carbons (Fsp3) is 0.357. The van der Waals surface area contributed by atoms with Gasteiger partial charge in [0.25, 0.3) is 0 Å². The first-order valence-corrected chi connectivity index (χ1v) is 8.55. The molecule has 8 heteroatoms. The lowest BCUT2D eigenvalue weighted by molar-refractivity contribution is 0.329. The van der Waals surface area contributed by atoms with Crippen molar-refractivity contribution in [3.05, 3.63) is 40.7 Å². The zero-order chi connectivity index (χ0) is 16.3. The Morgan fingerprint density at radius 1 is 1.41 bits per heavy atom. The van der Waals surface area contributed by atoms with Crippen molar-refractivity contribution < 1.29 is 13.2 Å². The number of nitrogens with zero attached hydrogens (tertiary/aromatic N) is 2. The van der Waals surface area contributed by atoms with Crippen LogP contribution in [-0.4, -0.2) is 36.6 Å². The molecule has 1 N–H and O–H groups in total. The van der Waals surface area contributed by atoms with Gasteiger partial charge in [0, 0.05) is 18.3 Å². The minimum Gasteiger partial charge on any atom is -0.492 e. The van der Waals surface area contributed by atoms with Gasteiger partial charge in [-0.2, -0.15) is 9.40 Å². The lowest BCUT2D eigenvalue weighted by Crippen LogP contribution is -2.27. The van der Waals surface area contributed by atoms with E-state index >= 15 is 0 Å². The molecule has 6 nitrogen and oxygen atoms in total. The van der Waals surface area contributed by atoms with Gasteiger partial charge in [0.15, 0.2) is 0 Å². The second-order valence-corrected chi connectivity index (χ2v) is 7.24. The van der Waals surface area contributed by atoms with Gasteiger partial charge in [-0.25, -0.2) is 8.42 Å². The highest BCUT2D eigenvalue weighted by Crippen LogP contribution is 2.32. The fourth-order valence-corrected chi connectivity index (χ4v) is 3.48. The molecule has 1 aromatic heterocycles. The van der Waals surface area contributed by atoms with Crippen LogP contribution < -0.4 is 4.74 Å². The number of aryl methyl sites for hydroxylation is 1. The number of ether oxygens (including phenoxy) is 1. The standard InChI is InChI=1S/C14H18ClN3O3S/c1-4-21-13-7-10(2)12(15)8-14(13)22(19,20)18(3)9-11-5-6-16-17-11/h5-8H,4,9H2,1-3H3,(H,16,17). The molecule has 0 spiro atoms. The molecule has 0 aliphatic rings. The third-order valence-corrected chi connectivity index (χ3v) is 5.40. The van der Waals surface area contributed by atoms with Crippen molar-refractivity contribution >= 4 is 21.6 Å². The normalized spacial score (nSPS) is 11.9. The molecule has 2 rings (SSSR count). The molecule has 0 fully saturated rings. The molecule has 0 bridgehead atoms. The summed E-state index contributed by atoms with van der Waals surface area (Å²) >= 11 is 6.08. The Hall–Kier alpha value is -1.57. The molecule has 0 saturated carbocycles. The summed E-state index contributed by atoms with van der Waals surface area (Å²) in [5, 5.41) is 6.93. The van der Waals surface area contributed by atoms with E-state index < -0.39 is 10.0 Å². The van der Waals surface area contributed by atoms with Gasteiger partial charge in [0.1, 0.15) is 10.6 Å². The van der Waals surface area contributed by atoms with Gasteiger partial charge in [0.05, 0.1) is 18.8 Å². The van der Waals surface area contributed by atoms with Crippen molar-refractivity contribution in [2.45, 2.75) is 25.3 Å². The highest BCUT2D eigenvalue weighted by molar-refractivity contribution is 7.89. The monoisotopic (exact) mass is 343 g/mol. The van der Waals surface area contributed by atoms with Crippen molar-refractivity contribution in [1.29, 1.82) is 0 Å². The fourth-order valence-electron chi connectivity index (χ4n) is 1.97. The molecule has 1 heterocycles. The number of aromatic nitrogens is 2. The van der Waals surface area contributed by atoms with Crippen LogP contribution >= 0.6 is 11.6 Å². The van der Waals surface area contributed by atoms with E-state index in [-0.39, 0.29) is 11.4 Å². The molecule has 2 aromatic rings.